The van der Waals surface area contributed by atoms with E-state index in [4.69, 9.17) is 0 Å². The Balaban J connectivity index is 1.93. The molecular formula is C19H26N4O3S. The van der Waals surface area contributed by atoms with E-state index in [0.29, 0.717) is 35.3 Å². The molecule has 2 rings (SSSR count). The number of anilines is 1. The molecule has 146 valence electrons. The zero-order valence-corrected chi connectivity index (χ0v) is 16.8. The maximum Gasteiger partial charge on any atom is 0.343 e. The summed E-state index contributed by atoms with van der Waals surface area (Å²) in [6, 6.07) is 6.84. The van der Waals surface area contributed by atoms with E-state index in [-0.39, 0.29) is 23.1 Å². The van der Waals surface area contributed by atoms with Crippen LogP contribution in [0.5, 0.6) is 0 Å². The highest BCUT2D eigenvalue weighted by molar-refractivity contribution is 7.99. The second-order valence-electron chi connectivity index (χ2n) is 6.75. The van der Waals surface area contributed by atoms with E-state index in [2.05, 4.69) is 22.4 Å². The molecule has 1 aromatic carbocycles. The van der Waals surface area contributed by atoms with E-state index in [1.165, 1.54) is 11.8 Å². The highest BCUT2D eigenvalue weighted by atomic mass is 32.2. The lowest BCUT2D eigenvalue weighted by atomic mass is 10.1. The van der Waals surface area contributed by atoms with Gasteiger partial charge in [-0.15, -0.1) is 5.10 Å². The van der Waals surface area contributed by atoms with Crippen molar-refractivity contribution < 1.29 is 9.59 Å². The third kappa shape index (κ3) is 6.39. The molecule has 0 unspecified atom stereocenters. The number of carbonyl (C=O) groups excluding carboxylic acids is 2. The number of nitrogens with one attached hydrogen (secondary N) is 2. The number of thioether (sulfide) groups is 1. The Hall–Kier alpha value is -2.35. The van der Waals surface area contributed by atoms with Gasteiger partial charge in [0.25, 0.3) is 0 Å². The van der Waals surface area contributed by atoms with Gasteiger partial charge in [0.05, 0.1) is 5.75 Å². The van der Waals surface area contributed by atoms with Gasteiger partial charge in [-0.3, -0.25) is 14.2 Å². The third-order valence-corrected chi connectivity index (χ3v) is 4.85. The van der Waals surface area contributed by atoms with Crippen molar-refractivity contribution in [3.05, 3.63) is 40.3 Å². The Morgan fingerprint density at radius 2 is 1.96 bits per heavy atom. The van der Waals surface area contributed by atoms with Gasteiger partial charge in [0, 0.05) is 24.2 Å². The second-order valence-corrected chi connectivity index (χ2v) is 7.69. The lowest BCUT2D eigenvalue weighted by Crippen LogP contribution is -2.18. The number of unbranched alkanes of at least 4 members (excludes halogenated alkanes) is 1. The minimum absolute atomic E-state index is 0.0387. The predicted octanol–water partition coefficient (Wildman–Crippen LogP) is 3.33. The number of aromatic amines is 1. The molecule has 7 nitrogen and oxygen atoms in total. The van der Waals surface area contributed by atoms with Gasteiger partial charge in [-0.25, -0.2) is 9.89 Å². The van der Waals surface area contributed by atoms with Gasteiger partial charge in [0.15, 0.2) is 10.9 Å². The number of benzene rings is 1. The van der Waals surface area contributed by atoms with Crippen molar-refractivity contribution in [2.45, 2.75) is 51.7 Å². The molecule has 1 amide bonds. The Kier molecular flexibility index (Phi) is 7.84. The van der Waals surface area contributed by atoms with Gasteiger partial charge >= 0.3 is 5.69 Å². The summed E-state index contributed by atoms with van der Waals surface area (Å²) in [5.41, 5.74) is 0.979. The molecule has 0 saturated carbocycles. The van der Waals surface area contributed by atoms with Crippen molar-refractivity contribution in [3.8, 4) is 0 Å². The number of H-pyrrole nitrogens is 1. The molecule has 8 heteroatoms. The molecular weight excluding hydrogens is 364 g/mol. The molecule has 1 aromatic heterocycles. The van der Waals surface area contributed by atoms with Gasteiger partial charge < -0.3 is 5.32 Å². The van der Waals surface area contributed by atoms with Crippen LogP contribution in [0.15, 0.2) is 34.2 Å². The highest BCUT2D eigenvalue weighted by Gasteiger charge is 2.13. The van der Waals surface area contributed by atoms with Gasteiger partial charge in [-0.05, 0) is 36.6 Å². The van der Waals surface area contributed by atoms with Crippen LogP contribution in [-0.4, -0.2) is 32.2 Å². The number of ketones is 1. The van der Waals surface area contributed by atoms with E-state index in [0.717, 1.165) is 12.8 Å². The van der Waals surface area contributed by atoms with E-state index in [9.17, 15) is 14.4 Å². The second kappa shape index (κ2) is 10.1. The molecule has 0 aliphatic heterocycles. The molecule has 2 aromatic rings. The Labute approximate surface area is 162 Å². The van der Waals surface area contributed by atoms with Crippen molar-refractivity contribution in [1.82, 2.24) is 14.8 Å². The third-order valence-electron chi connectivity index (χ3n) is 3.88. The Bertz CT molecular complexity index is 824. The molecule has 0 saturated heterocycles. The van der Waals surface area contributed by atoms with Crippen LogP contribution in [-0.2, 0) is 11.3 Å². The van der Waals surface area contributed by atoms with Crippen molar-refractivity contribution in [2.24, 2.45) is 5.92 Å². The summed E-state index contributed by atoms with van der Waals surface area (Å²) in [5.74, 6) is 0.385. The topological polar surface area (TPSA) is 96.8 Å². The molecule has 0 atom stereocenters. The minimum Gasteiger partial charge on any atom is -0.326 e. The number of carbonyl (C=O) groups is 2. The van der Waals surface area contributed by atoms with Crippen LogP contribution in [0, 0.1) is 5.92 Å². The molecule has 0 spiro atoms. The van der Waals surface area contributed by atoms with Crippen LogP contribution >= 0.6 is 11.8 Å². The SMILES string of the molecule is CCCCn1c(SCC(=O)c2ccc(NC(=O)CC(C)C)cc2)n[nH]c1=O. The van der Waals surface area contributed by atoms with E-state index in [1.807, 2.05) is 13.8 Å². The zero-order chi connectivity index (χ0) is 19.8. The minimum atomic E-state index is -0.250. The largest absolute Gasteiger partial charge is 0.343 e. The van der Waals surface area contributed by atoms with E-state index >= 15 is 0 Å². The molecule has 2 N–H and O–H groups in total. The van der Waals surface area contributed by atoms with Crippen LogP contribution in [0.4, 0.5) is 5.69 Å². The average molecular weight is 391 g/mol. The molecule has 0 aliphatic carbocycles. The molecule has 0 fully saturated rings. The number of aromatic nitrogens is 3. The fourth-order valence-electron chi connectivity index (χ4n) is 2.46. The standard InChI is InChI=1S/C19H26N4O3S/c1-4-5-10-23-18(26)21-22-19(23)27-12-16(24)14-6-8-15(9-7-14)20-17(25)11-13(2)3/h6-9,13H,4-5,10-12H2,1-3H3,(H,20,25)(H,21,26). The zero-order valence-electron chi connectivity index (χ0n) is 15.9. The molecule has 0 aliphatic rings. The first kappa shape index (κ1) is 21.0. The fraction of sp³-hybridized carbons (Fsp3) is 0.474. The van der Waals surface area contributed by atoms with Gasteiger partial charge in [-0.2, -0.15) is 0 Å². The van der Waals surface area contributed by atoms with Crippen LogP contribution < -0.4 is 11.0 Å². The number of hydrogen-bond acceptors (Lipinski definition) is 5. The Morgan fingerprint density at radius 3 is 2.59 bits per heavy atom. The van der Waals surface area contributed by atoms with Gasteiger partial charge in [0.2, 0.25) is 5.91 Å². The van der Waals surface area contributed by atoms with Gasteiger partial charge in [-0.1, -0.05) is 39.0 Å². The first-order valence-corrected chi connectivity index (χ1v) is 10.1. The van der Waals surface area contributed by atoms with Crippen LogP contribution in [0.2, 0.25) is 0 Å². The molecule has 27 heavy (non-hydrogen) atoms. The van der Waals surface area contributed by atoms with Crippen LogP contribution in [0.1, 0.15) is 50.4 Å². The van der Waals surface area contributed by atoms with Crippen molar-refractivity contribution >= 4 is 29.1 Å². The van der Waals surface area contributed by atoms with Crippen molar-refractivity contribution in [2.75, 3.05) is 11.1 Å². The number of rotatable bonds is 10. The average Bonchev–Trinajstić information content (AvgIpc) is 2.97. The Morgan fingerprint density at radius 1 is 1.26 bits per heavy atom. The lowest BCUT2D eigenvalue weighted by Gasteiger charge is -2.08. The van der Waals surface area contributed by atoms with Crippen LogP contribution in [0.3, 0.4) is 0 Å². The monoisotopic (exact) mass is 390 g/mol. The lowest BCUT2D eigenvalue weighted by molar-refractivity contribution is -0.116. The number of hydrogen-bond donors (Lipinski definition) is 2. The highest BCUT2D eigenvalue weighted by Crippen LogP contribution is 2.17. The molecule has 1 heterocycles. The summed E-state index contributed by atoms with van der Waals surface area (Å²) in [5, 5.41) is 9.77. The summed E-state index contributed by atoms with van der Waals surface area (Å²) in [6.07, 6.45) is 2.31. The summed E-state index contributed by atoms with van der Waals surface area (Å²) < 4.78 is 1.56. The summed E-state index contributed by atoms with van der Waals surface area (Å²) in [7, 11) is 0. The quantitative estimate of drug-likeness (QED) is 0.479. The normalized spacial score (nSPS) is 11.0. The van der Waals surface area contributed by atoms with Crippen molar-refractivity contribution in [1.29, 1.82) is 0 Å². The number of nitrogens with zero attached hydrogens (tertiary/aromatic N) is 2. The molecule has 0 bridgehead atoms. The smallest absolute Gasteiger partial charge is 0.326 e. The summed E-state index contributed by atoms with van der Waals surface area (Å²) in [4.78, 5) is 36.0. The predicted molar refractivity (Wildman–Crippen MR) is 107 cm³/mol. The first-order valence-electron chi connectivity index (χ1n) is 9.11. The first-order chi connectivity index (χ1) is 12.9. The van der Waals surface area contributed by atoms with Gasteiger partial charge in [0.1, 0.15) is 0 Å². The van der Waals surface area contributed by atoms with Crippen molar-refractivity contribution in [3.63, 3.8) is 0 Å². The van der Waals surface area contributed by atoms with Crippen LogP contribution in [0.25, 0.3) is 0 Å². The maximum absolute atomic E-state index is 12.4. The number of Topliss-reactive ketones (excluding diaryl/α,β-unsaturated/α-hetero) is 1. The van der Waals surface area contributed by atoms with E-state index < -0.39 is 0 Å². The summed E-state index contributed by atoms with van der Waals surface area (Å²) in [6.45, 7) is 6.61. The fourth-order valence-corrected chi connectivity index (χ4v) is 3.33. The van der Waals surface area contributed by atoms with E-state index in [1.54, 1.807) is 28.8 Å². The molecule has 0 radical (unpaired) electrons. The number of amides is 1. The summed E-state index contributed by atoms with van der Waals surface area (Å²) >= 11 is 1.24. The maximum atomic E-state index is 12.4.